The van der Waals surface area contributed by atoms with Gasteiger partial charge in [-0.3, -0.25) is 14.4 Å². The Balaban J connectivity index is 1.99. The summed E-state index contributed by atoms with van der Waals surface area (Å²) in [7, 11) is 0. The number of nitrogens with zero attached hydrogens (tertiary/aromatic N) is 2. The van der Waals surface area contributed by atoms with Crippen LogP contribution in [0.4, 0.5) is 0 Å². The van der Waals surface area contributed by atoms with Gasteiger partial charge < -0.3 is 19.9 Å². The SMILES string of the molecule is CCCCCCCCCCCCCCC(CCCCCCCCCCCCCC)C(=O)N(CCCCCN1CCCC1)C1(C(=O)NCCCCC(=O)OC(CC)CCCCCCCC)CCC1. The van der Waals surface area contributed by atoms with E-state index >= 15 is 4.79 Å². The molecule has 0 aromatic rings. The average molecular weight is 943 g/mol. The van der Waals surface area contributed by atoms with Gasteiger partial charge in [0.1, 0.15) is 11.6 Å². The molecule has 7 nitrogen and oxygen atoms in total. The maximum atomic E-state index is 15.1. The predicted octanol–water partition coefficient (Wildman–Crippen LogP) is 17.2. The Kier molecular flexibility index (Phi) is 39.6. The number of amides is 2. The van der Waals surface area contributed by atoms with Crippen molar-refractivity contribution >= 4 is 17.8 Å². The molecule has 1 aliphatic carbocycles. The number of hydrogen-bond donors (Lipinski definition) is 1. The van der Waals surface area contributed by atoms with E-state index in [2.05, 4.69) is 42.8 Å². The molecule has 0 aromatic carbocycles. The van der Waals surface area contributed by atoms with Gasteiger partial charge in [0, 0.05) is 25.4 Å². The molecule has 1 saturated carbocycles. The first-order valence-corrected chi connectivity index (χ1v) is 30.4. The molecule has 0 bridgehead atoms. The van der Waals surface area contributed by atoms with E-state index in [-0.39, 0.29) is 29.8 Å². The lowest BCUT2D eigenvalue weighted by atomic mass is 9.73. The number of carbonyl (C=O) groups excluding carboxylic acids is 3. The Morgan fingerprint density at radius 3 is 1.37 bits per heavy atom. The van der Waals surface area contributed by atoms with Gasteiger partial charge in [-0.2, -0.15) is 0 Å². The van der Waals surface area contributed by atoms with E-state index in [1.54, 1.807) is 0 Å². The molecule has 1 atom stereocenters. The summed E-state index contributed by atoms with van der Waals surface area (Å²) in [5, 5.41) is 3.31. The smallest absolute Gasteiger partial charge is 0.306 e. The Labute approximate surface area is 417 Å². The third kappa shape index (κ3) is 30.0. The second-order valence-electron chi connectivity index (χ2n) is 21.8. The molecule has 1 aliphatic heterocycles. The summed E-state index contributed by atoms with van der Waals surface area (Å²) in [6, 6.07) is 0. The zero-order valence-electron chi connectivity index (χ0n) is 45.5. The van der Waals surface area contributed by atoms with Crippen LogP contribution in [0.1, 0.15) is 317 Å². The lowest BCUT2D eigenvalue weighted by Gasteiger charge is -2.50. The maximum absolute atomic E-state index is 15.1. The first kappa shape index (κ1) is 61.5. The lowest BCUT2D eigenvalue weighted by molar-refractivity contribution is -0.157. The van der Waals surface area contributed by atoms with Crippen LogP contribution in [0.2, 0.25) is 0 Å². The largest absolute Gasteiger partial charge is 0.462 e. The molecule has 2 amide bonds. The van der Waals surface area contributed by atoms with Crippen LogP contribution in [0.5, 0.6) is 0 Å². The zero-order chi connectivity index (χ0) is 48.3. The number of esters is 1. The molecule has 2 aliphatic rings. The molecule has 7 heteroatoms. The number of likely N-dealkylation sites (tertiary alicyclic amines) is 1. The van der Waals surface area contributed by atoms with Crippen molar-refractivity contribution in [3.05, 3.63) is 0 Å². The molecule has 0 spiro atoms. The second kappa shape index (κ2) is 43.2. The molecule has 394 valence electrons. The predicted molar refractivity (Wildman–Crippen MR) is 288 cm³/mol. The van der Waals surface area contributed by atoms with Crippen LogP contribution < -0.4 is 5.32 Å². The molecule has 0 radical (unpaired) electrons. The van der Waals surface area contributed by atoms with E-state index in [9.17, 15) is 9.59 Å². The highest BCUT2D eigenvalue weighted by atomic mass is 16.5. The van der Waals surface area contributed by atoms with Crippen LogP contribution >= 0.6 is 0 Å². The molecular weight excluding hydrogens is 827 g/mol. The minimum Gasteiger partial charge on any atom is -0.462 e. The van der Waals surface area contributed by atoms with Crippen LogP contribution in [0.3, 0.4) is 0 Å². The number of rotatable bonds is 49. The first-order valence-electron chi connectivity index (χ1n) is 30.4. The van der Waals surface area contributed by atoms with E-state index in [0.717, 1.165) is 90.0 Å². The Morgan fingerprint density at radius 1 is 0.507 bits per heavy atom. The van der Waals surface area contributed by atoms with E-state index in [1.807, 2.05) is 0 Å². The maximum Gasteiger partial charge on any atom is 0.306 e. The van der Waals surface area contributed by atoms with Gasteiger partial charge in [-0.05, 0) is 110 Å². The number of nitrogens with one attached hydrogen (secondary N) is 1. The quantitative estimate of drug-likeness (QED) is 0.0486. The van der Waals surface area contributed by atoms with Gasteiger partial charge in [0.05, 0.1) is 0 Å². The van der Waals surface area contributed by atoms with Crippen molar-refractivity contribution in [3.8, 4) is 0 Å². The topological polar surface area (TPSA) is 79.0 Å². The highest BCUT2D eigenvalue weighted by Gasteiger charge is 2.51. The van der Waals surface area contributed by atoms with Gasteiger partial charge in [0.15, 0.2) is 0 Å². The van der Waals surface area contributed by atoms with Gasteiger partial charge in [0.2, 0.25) is 11.8 Å². The van der Waals surface area contributed by atoms with Gasteiger partial charge in [0.25, 0.3) is 0 Å². The van der Waals surface area contributed by atoms with Gasteiger partial charge >= 0.3 is 5.97 Å². The summed E-state index contributed by atoms with van der Waals surface area (Å²) in [6.07, 6.45) is 53.4. The van der Waals surface area contributed by atoms with Crippen molar-refractivity contribution in [2.75, 3.05) is 32.7 Å². The molecule has 2 rings (SSSR count). The van der Waals surface area contributed by atoms with Crippen molar-refractivity contribution < 1.29 is 19.1 Å². The normalized spacial score (nSPS) is 15.2. The summed E-state index contributed by atoms with van der Waals surface area (Å²) in [6.45, 7) is 13.8. The molecule has 1 unspecified atom stereocenters. The van der Waals surface area contributed by atoms with E-state index in [4.69, 9.17) is 4.74 Å². The minimum absolute atomic E-state index is 0.0140. The van der Waals surface area contributed by atoms with Crippen molar-refractivity contribution in [3.63, 3.8) is 0 Å². The monoisotopic (exact) mass is 942 g/mol. The average Bonchev–Trinajstić information content (AvgIpc) is 3.84. The molecule has 0 aromatic heterocycles. The summed E-state index contributed by atoms with van der Waals surface area (Å²) in [5.74, 6) is 0.231. The molecule has 1 N–H and O–H groups in total. The van der Waals surface area contributed by atoms with Crippen LogP contribution in [-0.4, -0.2) is 72.0 Å². The van der Waals surface area contributed by atoms with Crippen molar-refractivity contribution in [2.24, 2.45) is 5.92 Å². The molecule has 67 heavy (non-hydrogen) atoms. The highest BCUT2D eigenvalue weighted by molar-refractivity contribution is 5.93. The fraction of sp³-hybridized carbons (Fsp3) is 0.950. The van der Waals surface area contributed by atoms with E-state index < -0.39 is 5.54 Å². The molecule has 1 heterocycles. The Bertz CT molecular complexity index is 1120. The Morgan fingerprint density at radius 2 is 0.940 bits per heavy atom. The number of ether oxygens (including phenoxy) is 1. The standard InChI is InChI=1S/C60H115N3O4/c1-5-9-12-15-18-20-22-24-26-28-30-34-44-55(45-35-31-29-27-25-23-21-19-16-13-10-6-2)58(65)63(54-40-33-39-51-62-52-41-42-53-62)60(48-43-49-60)59(66)61-50-38-37-47-57(64)67-56(8-4)46-36-32-17-14-11-7-3/h55-56H,5-54H2,1-4H3,(H,61,66). The van der Waals surface area contributed by atoms with Gasteiger partial charge in [-0.15, -0.1) is 0 Å². The van der Waals surface area contributed by atoms with Gasteiger partial charge in [-0.25, -0.2) is 0 Å². The van der Waals surface area contributed by atoms with E-state index in [1.165, 1.54) is 206 Å². The third-order valence-electron chi connectivity index (χ3n) is 15.8. The summed E-state index contributed by atoms with van der Waals surface area (Å²) in [5.41, 5.74) is -0.721. The number of hydrogen-bond acceptors (Lipinski definition) is 5. The summed E-state index contributed by atoms with van der Waals surface area (Å²) < 4.78 is 5.88. The highest BCUT2D eigenvalue weighted by Crippen LogP contribution is 2.40. The summed E-state index contributed by atoms with van der Waals surface area (Å²) in [4.78, 5) is 47.0. The van der Waals surface area contributed by atoms with Crippen molar-refractivity contribution in [2.45, 2.75) is 328 Å². The van der Waals surface area contributed by atoms with Crippen LogP contribution in [0, 0.1) is 5.92 Å². The third-order valence-corrected chi connectivity index (χ3v) is 15.8. The summed E-state index contributed by atoms with van der Waals surface area (Å²) >= 11 is 0. The van der Waals surface area contributed by atoms with Crippen LogP contribution in [-0.2, 0) is 19.1 Å². The first-order chi connectivity index (χ1) is 32.9. The zero-order valence-corrected chi connectivity index (χ0v) is 45.5. The lowest BCUT2D eigenvalue weighted by Crippen LogP contribution is -2.65. The Hall–Kier alpha value is -1.63. The van der Waals surface area contributed by atoms with Crippen LogP contribution in [0.15, 0.2) is 0 Å². The fourth-order valence-electron chi connectivity index (χ4n) is 11.0. The van der Waals surface area contributed by atoms with Gasteiger partial charge in [-0.1, -0.05) is 220 Å². The van der Waals surface area contributed by atoms with Crippen molar-refractivity contribution in [1.29, 1.82) is 0 Å². The number of unbranched alkanes of at least 4 members (excludes halogenated alkanes) is 30. The second-order valence-corrected chi connectivity index (χ2v) is 21.8. The number of carbonyl (C=O) groups is 3. The van der Waals surface area contributed by atoms with Crippen LogP contribution in [0.25, 0.3) is 0 Å². The molecule has 1 saturated heterocycles. The fourth-order valence-corrected chi connectivity index (χ4v) is 11.0. The molecule has 2 fully saturated rings. The molecular formula is C60H115N3O4. The minimum atomic E-state index is -0.721. The van der Waals surface area contributed by atoms with E-state index in [0.29, 0.717) is 25.9 Å². The van der Waals surface area contributed by atoms with Crippen molar-refractivity contribution in [1.82, 2.24) is 15.1 Å².